The lowest BCUT2D eigenvalue weighted by atomic mass is 9.64. The summed E-state index contributed by atoms with van der Waals surface area (Å²) in [6, 6.07) is 2.45. The molecule has 0 aromatic heterocycles. The molecule has 0 radical (unpaired) electrons. The molecular weight excluding hydrogens is 226 g/mol. The molecule has 18 heavy (non-hydrogen) atoms. The van der Waals surface area contributed by atoms with Gasteiger partial charge in [-0.1, -0.05) is 13.8 Å². The Hall–Kier alpha value is -0.590. The Morgan fingerprint density at radius 1 is 1.22 bits per heavy atom. The van der Waals surface area contributed by atoms with Crippen molar-refractivity contribution in [1.82, 2.24) is 0 Å². The second-order valence-electron chi connectivity index (χ2n) is 6.42. The van der Waals surface area contributed by atoms with Crippen LogP contribution in [0.2, 0.25) is 0 Å². The number of aliphatic hydroxyl groups is 1. The van der Waals surface area contributed by atoms with Crippen LogP contribution in [0.25, 0.3) is 0 Å². The molecule has 0 amide bonds. The number of ether oxygens (including phenoxy) is 1. The molecule has 102 valence electrons. The fraction of sp³-hybridized carbons (Fsp3) is 0.933. The topological polar surface area (TPSA) is 53.2 Å². The third-order valence-electron chi connectivity index (χ3n) is 5.07. The average molecular weight is 251 g/mol. The van der Waals surface area contributed by atoms with Gasteiger partial charge in [-0.2, -0.15) is 5.26 Å². The number of hydrogen-bond donors (Lipinski definition) is 1. The Bertz CT molecular complexity index is 307. The van der Waals surface area contributed by atoms with Gasteiger partial charge in [0.25, 0.3) is 0 Å². The fourth-order valence-corrected chi connectivity index (χ4v) is 3.55. The number of aliphatic hydroxyl groups excluding tert-OH is 1. The Kier molecular flexibility index (Phi) is 4.29. The van der Waals surface area contributed by atoms with Crippen molar-refractivity contribution >= 4 is 0 Å². The highest BCUT2D eigenvalue weighted by atomic mass is 16.5. The zero-order valence-corrected chi connectivity index (χ0v) is 11.6. The van der Waals surface area contributed by atoms with E-state index in [-0.39, 0.29) is 5.92 Å². The first-order chi connectivity index (χ1) is 8.59. The van der Waals surface area contributed by atoms with E-state index in [2.05, 4.69) is 19.9 Å². The van der Waals surface area contributed by atoms with Gasteiger partial charge in [-0.15, -0.1) is 0 Å². The molecule has 1 N–H and O–H groups in total. The third-order valence-corrected chi connectivity index (χ3v) is 5.07. The Morgan fingerprint density at radius 2 is 1.89 bits per heavy atom. The second kappa shape index (κ2) is 5.59. The van der Waals surface area contributed by atoms with E-state index in [1.165, 1.54) is 0 Å². The number of nitrogens with zero attached hydrogens (tertiary/aromatic N) is 1. The highest BCUT2D eigenvalue weighted by Gasteiger charge is 2.45. The number of nitriles is 1. The van der Waals surface area contributed by atoms with E-state index in [1.54, 1.807) is 0 Å². The lowest BCUT2D eigenvalue weighted by molar-refractivity contribution is -0.0211. The predicted octanol–water partition coefficient (Wildman–Crippen LogP) is 2.74. The first-order valence-corrected chi connectivity index (χ1v) is 7.26. The lowest BCUT2D eigenvalue weighted by Gasteiger charge is -2.41. The maximum atomic E-state index is 10.5. The van der Waals surface area contributed by atoms with E-state index in [0.29, 0.717) is 12.5 Å². The summed E-state index contributed by atoms with van der Waals surface area (Å²) in [7, 11) is 0. The van der Waals surface area contributed by atoms with Crippen LogP contribution in [0.1, 0.15) is 46.0 Å². The molecule has 0 aromatic carbocycles. The largest absolute Gasteiger partial charge is 0.391 e. The lowest BCUT2D eigenvalue weighted by Crippen LogP contribution is -2.43. The molecule has 2 unspecified atom stereocenters. The van der Waals surface area contributed by atoms with Crippen molar-refractivity contribution in [3.63, 3.8) is 0 Å². The highest BCUT2D eigenvalue weighted by molar-refractivity contribution is 5.07. The molecule has 0 aromatic rings. The SMILES string of the molecule is CC(C)C1CCC(C#N)(C(O)C2CCOC2)CC1. The van der Waals surface area contributed by atoms with Gasteiger partial charge < -0.3 is 9.84 Å². The summed E-state index contributed by atoms with van der Waals surface area (Å²) in [5.41, 5.74) is -0.510. The summed E-state index contributed by atoms with van der Waals surface area (Å²) in [4.78, 5) is 0. The third kappa shape index (κ3) is 2.55. The van der Waals surface area contributed by atoms with Gasteiger partial charge in [0, 0.05) is 12.5 Å². The first kappa shape index (κ1) is 13.8. The van der Waals surface area contributed by atoms with Crippen molar-refractivity contribution in [2.24, 2.45) is 23.2 Å². The molecule has 1 saturated carbocycles. The predicted molar refractivity (Wildman–Crippen MR) is 69.8 cm³/mol. The Balaban J connectivity index is 2.01. The van der Waals surface area contributed by atoms with Gasteiger partial charge in [0.2, 0.25) is 0 Å². The molecule has 1 heterocycles. The molecule has 3 heteroatoms. The van der Waals surface area contributed by atoms with Crippen molar-refractivity contribution < 1.29 is 9.84 Å². The molecule has 0 bridgehead atoms. The van der Waals surface area contributed by atoms with Crippen LogP contribution in [0.15, 0.2) is 0 Å². The maximum Gasteiger partial charge on any atom is 0.0836 e. The van der Waals surface area contributed by atoms with Gasteiger partial charge in [0.05, 0.1) is 24.2 Å². The van der Waals surface area contributed by atoms with Gasteiger partial charge in [-0.3, -0.25) is 0 Å². The van der Waals surface area contributed by atoms with Crippen molar-refractivity contribution in [3.8, 4) is 6.07 Å². The van der Waals surface area contributed by atoms with E-state index in [9.17, 15) is 10.4 Å². The molecule has 1 aliphatic carbocycles. The van der Waals surface area contributed by atoms with Gasteiger partial charge in [0.1, 0.15) is 0 Å². The minimum atomic E-state index is -0.510. The summed E-state index contributed by atoms with van der Waals surface area (Å²) in [5, 5.41) is 20.1. The molecule has 3 nitrogen and oxygen atoms in total. The van der Waals surface area contributed by atoms with Crippen LogP contribution in [-0.4, -0.2) is 24.4 Å². The Morgan fingerprint density at radius 3 is 2.33 bits per heavy atom. The monoisotopic (exact) mass is 251 g/mol. The van der Waals surface area contributed by atoms with Crippen LogP contribution in [0, 0.1) is 34.5 Å². The van der Waals surface area contributed by atoms with Crippen molar-refractivity contribution in [1.29, 1.82) is 5.26 Å². The van der Waals surface area contributed by atoms with Gasteiger partial charge in [0.15, 0.2) is 0 Å². The average Bonchev–Trinajstić information content (AvgIpc) is 2.91. The fourth-order valence-electron chi connectivity index (χ4n) is 3.55. The minimum absolute atomic E-state index is 0.167. The zero-order chi connectivity index (χ0) is 13.2. The summed E-state index contributed by atoms with van der Waals surface area (Å²) in [6.45, 7) is 5.87. The van der Waals surface area contributed by atoms with Crippen LogP contribution >= 0.6 is 0 Å². The van der Waals surface area contributed by atoms with Crippen molar-refractivity contribution in [2.45, 2.75) is 52.1 Å². The van der Waals surface area contributed by atoms with Gasteiger partial charge >= 0.3 is 0 Å². The molecular formula is C15H25NO2. The van der Waals surface area contributed by atoms with E-state index in [4.69, 9.17) is 4.74 Å². The second-order valence-corrected chi connectivity index (χ2v) is 6.42. The number of hydrogen-bond acceptors (Lipinski definition) is 3. The van der Waals surface area contributed by atoms with E-state index in [0.717, 1.165) is 44.6 Å². The van der Waals surface area contributed by atoms with E-state index < -0.39 is 11.5 Å². The minimum Gasteiger partial charge on any atom is -0.391 e. The molecule has 1 saturated heterocycles. The molecule has 2 aliphatic rings. The summed E-state index contributed by atoms with van der Waals surface area (Å²) >= 11 is 0. The maximum absolute atomic E-state index is 10.5. The molecule has 1 aliphatic heterocycles. The van der Waals surface area contributed by atoms with Crippen LogP contribution in [0.3, 0.4) is 0 Å². The first-order valence-electron chi connectivity index (χ1n) is 7.26. The van der Waals surface area contributed by atoms with Crippen LogP contribution < -0.4 is 0 Å². The van der Waals surface area contributed by atoms with Crippen molar-refractivity contribution in [2.75, 3.05) is 13.2 Å². The Labute approximate surface area is 110 Å². The summed E-state index contributed by atoms with van der Waals surface area (Å²) in [5.74, 6) is 1.58. The summed E-state index contributed by atoms with van der Waals surface area (Å²) in [6.07, 6.45) is 4.26. The number of rotatable bonds is 3. The highest BCUT2D eigenvalue weighted by Crippen LogP contribution is 2.46. The standard InChI is InChI=1S/C15H25NO2/c1-11(2)12-3-6-15(10-16,7-4-12)14(17)13-5-8-18-9-13/h11-14,17H,3-9H2,1-2H3. The van der Waals surface area contributed by atoms with Gasteiger partial charge in [-0.05, 0) is 43.9 Å². The zero-order valence-electron chi connectivity index (χ0n) is 11.6. The molecule has 2 atom stereocenters. The quantitative estimate of drug-likeness (QED) is 0.839. The molecule has 2 rings (SSSR count). The summed E-state index contributed by atoms with van der Waals surface area (Å²) < 4.78 is 5.35. The van der Waals surface area contributed by atoms with E-state index >= 15 is 0 Å². The normalized spacial score (nSPS) is 38.6. The van der Waals surface area contributed by atoms with Crippen molar-refractivity contribution in [3.05, 3.63) is 0 Å². The van der Waals surface area contributed by atoms with Gasteiger partial charge in [-0.25, -0.2) is 0 Å². The van der Waals surface area contributed by atoms with Crippen LogP contribution in [0.4, 0.5) is 0 Å². The van der Waals surface area contributed by atoms with Crippen LogP contribution in [-0.2, 0) is 4.74 Å². The van der Waals surface area contributed by atoms with E-state index in [1.807, 2.05) is 0 Å². The molecule has 2 fully saturated rings. The smallest absolute Gasteiger partial charge is 0.0836 e. The van der Waals surface area contributed by atoms with Crippen LogP contribution in [0.5, 0.6) is 0 Å². The molecule has 0 spiro atoms.